The number of ether oxygens (including phenoxy) is 1. The Morgan fingerprint density at radius 1 is 1.31 bits per heavy atom. The molecule has 86 valence electrons. The lowest BCUT2D eigenvalue weighted by atomic mass is 10.2. The van der Waals surface area contributed by atoms with E-state index in [1.54, 1.807) is 24.3 Å². The molecular formula is C12H16N2O2. The van der Waals surface area contributed by atoms with E-state index in [2.05, 4.69) is 6.07 Å². The van der Waals surface area contributed by atoms with Gasteiger partial charge in [0.25, 0.3) is 0 Å². The van der Waals surface area contributed by atoms with Gasteiger partial charge in [0.15, 0.2) is 0 Å². The summed E-state index contributed by atoms with van der Waals surface area (Å²) in [5, 5.41) is 17.3. The zero-order valence-corrected chi connectivity index (χ0v) is 9.39. The fraction of sp³-hybridized carbons (Fsp3) is 0.417. The number of nitriles is 1. The highest BCUT2D eigenvalue weighted by atomic mass is 16.5. The van der Waals surface area contributed by atoms with Crippen LogP contribution in [0.5, 0.6) is 5.75 Å². The van der Waals surface area contributed by atoms with Gasteiger partial charge in [-0.1, -0.05) is 0 Å². The van der Waals surface area contributed by atoms with Crippen LogP contribution in [-0.4, -0.2) is 43.4 Å². The number of hydrogen-bond donors (Lipinski definition) is 1. The van der Waals surface area contributed by atoms with Crippen LogP contribution >= 0.6 is 0 Å². The molecular weight excluding hydrogens is 204 g/mol. The van der Waals surface area contributed by atoms with Gasteiger partial charge in [0.2, 0.25) is 0 Å². The maximum absolute atomic E-state index is 8.70. The lowest BCUT2D eigenvalue weighted by molar-refractivity contribution is 0.192. The molecule has 0 aliphatic heterocycles. The van der Waals surface area contributed by atoms with Crippen molar-refractivity contribution in [2.24, 2.45) is 0 Å². The molecule has 0 aliphatic rings. The van der Waals surface area contributed by atoms with Crippen LogP contribution in [0.1, 0.15) is 5.56 Å². The average Bonchev–Trinajstić information content (AvgIpc) is 2.30. The van der Waals surface area contributed by atoms with E-state index >= 15 is 0 Å². The summed E-state index contributed by atoms with van der Waals surface area (Å²) >= 11 is 0. The van der Waals surface area contributed by atoms with Gasteiger partial charge in [-0.2, -0.15) is 5.26 Å². The second-order valence-corrected chi connectivity index (χ2v) is 3.51. The minimum atomic E-state index is 0.160. The normalized spacial score (nSPS) is 10.1. The summed E-state index contributed by atoms with van der Waals surface area (Å²) < 4.78 is 5.49. The Hall–Kier alpha value is -1.57. The molecule has 0 bridgehead atoms. The van der Waals surface area contributed by atoms with Gasteiger partial charge in [0.1, 0.15) is 12.4 Å². The summed E-state index contributed by atoms with van der Waals surface area (Å²) in [6.45, 7) is 2.15. The van der Waals surface area contributed by atoms with E-state index in [1.165, 1.54) is 0 Å². The van der Waals surface area contributed by atoms with E-state index in [1.807, 2.05) is 11.9 Å². The van der Waals surface area contributed by atoms with Crippen molar-refractivity contribution < 1.29 is 9.84 Å². The van der Waals surface area contributed by atoms with E-state index in [9.17, 15) is 0 Å². The van der Waals surface area contributed by atoms with E-state index in [0.717, 1.165) is 12.3 Å². The highest BCUT2D eigenvalue weighted by molar-refractivity contribution is 5.34. The van der Waals surface area contributed by atoms with Crippen molar-refractivity contribution in [3.8, 4) is 11.8 Å². The van der Waals surface area contributed by atoms with Gasteiger partial charge in [0, 0.05) is 13.1 Å². The largest absolute Gasteiger partial charge is 0.492 e. The van der Waals surface area contributed by atoms with Crippen LogP contribution in [0.15, 0.2) is 24.3 Å². The number of aliphatic hydroxyl groups is 1. The minimum Gasteiger partial charge on any atom is -0.492 e. The summed E-state index contributed by atoms with van der Waals surface area (Å²) in [6, 6.07) is 9.08. The van der Waals surface area contributed by atoms with E-state index in [4.69, 9.17) is 15.1 Å². The molecule has 4 nitrogen and oxygen atoms in total. The lowest BCUT2D eigenvalue weighted by Crippen LogP contribution is -2.27. The van der Waals surface area contributed by atoms with Gasteiger partial charge in [-0.15, -0.1) is 0 Å². The van der Waals surface area contributed by atoms with Crippen molar-refractivity contribution in [2.75, 3.05) is 33.4 Å². The smallest absolute Gasteiger partial charge is 0.119 e. The highest BCUT2D eigenvalue weighted by Gasteiger charge is 1.98. The Morgan fingerprint density at radius 2 is 2.00 bits per heavy atom. The lowest BCUT2D eigenvalue weighted by Gasteiger charge is -2.15. The zero-order valence-electron chi connectivity index (χ0n) is 9.39. The van der Waals surface area contributed by atoms with Crippen molar-refractivity contribution in [2.45, 2.75) is 0 Å². The van der Waals surface area contributed by atoms with Crippen LogP contribution in [0, 0.1) is 11.3 Å². The van der Waals surface area contributed by atoms with Crippen molar-refractivity contribution >= 4 is 0 Å². The molecule has 0 radical (unpaired) electrons. The maximum atomic E-state index is 8.70. The van der Waals surface area contributed by atoms with Gasteiger partial charge in [-0.25, -0.2) is 0 Å². The molecule has 0 heterocycles. The van der Waals surface area contributed by atoms with Crippen LogP contribution in [0.3, 0.4) is 0 Å². The van der Waals surface area contributed by atoms with Crippen LogP contribution < -0.4 is 4.74 Å². The first-order valence-electron chi connectivity index (χ1n) is 5.18. The molecule has 0 aromatic heterocycles. The topological polar surface area (TPSA) is 56.5 Å². The predicted molar refractivity (Wildman–Crippen MR) is 61.2 cm³/mol. The monoisotopic (exact) mass is 220 g/mol. The van der Waals surface area contributed by atoms with Crippen LogP contribution in [0.4, 0.5) is 0 Å². The van der Waals surface area contributed by atoms with Crippen molar-refractivity contribution in [3.05, 3.63) is 29.8 Å². The highest BCUT2D eigenvalue weighted by Crippen LogP contribution is 2.11. The number of nitrogens with zero attached hydrogens (tertiary/aromatic N) is 2. The van der Waals surface area contributed by atoms with Crippen molar-refractivity contribution in [1.29, 1.82) is 5.26 Å². The summed E-state index contributed by atoms with van der Waals surface area (Å²) in [5.41, 5.74) is 0.629. The number of likely N-dealkylation sites (N-methyl/N-ethyl adjacent to an activating group) is 1. The molecule has 0 unspecified atom stereocenters. The fourth-order valence-corrected chi connectivity index (χ4v) is 1.23. The zero-order chi connectivity index (χ0) is 11.8. The molecule has 0 saturated carbocycles. The Balaban J connectivity index is 2.29. The minimum absolute atomic E-state index is 0.160. The predicted octanol–water partition coefficient (Wildman–Crippen LogP) is 0.861. The standard InChI is InChI=1S/C12H16N2O2/c1-14(6-8-15)7-9-16-12-4-2-11(10-13)3-5-12/h2-5,15H,6-9H2,1H3. The van der Waals surface area contributed by atoms with E-state index in [0.29, 0.717) is 18.7 Å². The fourth-order valence-electron chi connectivity index (χ4n) is 1.23. The third-order valence-electron chi connectivity index (χ3n) is 2.21. The molecule has 0 amide bonds. The Morgan fingerprint density at radius 3 is 2.56 bits per heavy atom. The average molecular weight is 220 g/mol. The van der Waals surface area contributed by atoms with E-state index < -0.39 is 0 Å². The van der Waals surface area contributed by atoms with E-state index in [-0.39, 0.29) is 6.61 Å². The summed E-state index contributed by atoms with van der Waals surface area (Å²) in [7, 11) is 1.93. The van der Waals surface area contributed by atoms with Crippen LogP contribution in [0.25, 0.3) is 0 Å². The number of hydrogen-bond acceptors (Lipinski definition) is 4. The first kappa shape index (κ1) is 12.5. The molecule has 1 N–H and O–H groups in total. The SMILES string of the molecule is CN(CCO)CCOc1ccc(C#N)cc1. The van der Waals surface area contributed by atoms with Crippen LogP contribution in [0.2, 0.25) is 0 Å². The number of aliphatic hydroxyl groups excluding tert-OH is 1. The Kier molecular flexibility index (Phi) is 5.34. The Labute approximate surface area is 95.7 Å². The van der Waals surface area contributed by atoms with Crippen LogP contribution in [-0.2, 0) is 0 Å². The van der Waals surface area contributed by atoms with Gasteiger partial charge in [-0.05, 0) is 31.3 Å². The molecule has 16 heavy (non-hydrogen) atoms. The molecule has 1 aromatic rings. The molecule has 0 fully saturated rings. The molecule has 0 spiro atoms. The van der Waals surface area contributed by atoms with Gasteiger partial charge in [0.05, 0.1) is 18.2 Å². The molecule has 0 atom stereocenters. The molecule has 4 heteroatoms. The summed E-state index contributed by atoms with van der Waals surface area (Å²) in [5.74, 6) is 0.761. The molecule has 0 aliphatic carbocycles. The van der Waals surface area contributed by atoms with Crippen molar-refractivity contribution in [3.63, 3.8) is 0 Å². The molecule has 1 rings (SSSR count). The second kappa shape index (κ2) is 6.83. The summed E-state index contributed by atoms with van der Waals surface area (Å²) in [6.07, 6.45) is 0. The van der Waals surface area contributed by atoms with Crippen molar-refractivity contribution in [1.82, 2.24) is 4.90 Å². The van der Waals surface area contributed by atoms with Gasteiger partial charge < -0.3 is 14.7 Å². The first-order chi connectivity index (χ1) is 7.76. The summed E-state index contributed by atoms with van der Waals surface area (Å²) in [4.78, 5) is 1.99. The number of rotatable bonds is 6. The third-order valence-corrected chi connectivity index (χ3v) is 2.21. The quantitative estimate of drug-likeness (QED) is 0.772. The first-order valence-corrected chi connectivity index (χ1v) is 5.18. The maximum Gasteiger partial charge on any atom is 0.119 e. The van der Waals surface area contributed by atoms with Gasteiger partial charge >= 0.3 is 0 Å². The number of benzene rings is 1. The third kappa shape index (κ3) is 4.30. The second-order valence-electron chi connectivity index (χ2n) is 3.51. The molecule has 0 saturated heterocycles. The Bertz CT molecular complexity index is 343. The van der Waals surface area contributed by atoms with Gasteiger partial charge in [-0.3, -0.25) is 0 Å². The molecule has 1 aromatic carbocycles.